The van der Waals surface area contributed by atoms with Crippen molar-refractivity contribution in [3.8, 4) is 5.75 Å². The second-order valence-corrected chi connectivity index (χ2v) is 7.96. The lowest BCUT2D eigenvalue weighted by Gasteiger charge is -2.33. The molecule has 1 amide bonds. The van der Waals surface area contributed by atoms with E-state index in [0.29, 0.717) is 24.3 Å². The fourth-order valence-electron chi connectivity index (χ4n) is 3.57. The van der Waals surface area contributed by atoms with Crippen molar-refractivity contribution in [1.82, 2.24) is 10.2 Å². The van der Waals surface area contributed by atoms with Gasteiger partial charge in [0.2, 0.25) is 5.91 Å². The molecular weight excluding hydrogens is 320 g/mol. The first-order chi connectivity index (χ1) is 11.7. The van der Waals surface area contributed by atoms with Crippen molar-refractivity contribution in [3.05, 3.63) is 29.8 Å². The van der Waals surface area contributed by atoms with Gasteiger partial charge >= 0.3 is 0 Å². The third-order valence-electron chi connectivity index (χ3n) is 5.07. The monoisotopic (exact) mass is 348 g/mol. The fraction of sp³-hybridized carbons (Fsp3) is 0.632. The molecule has 132 valence electrons. The number of methoxy groups -OCH3 is 1. The van der Waals surface area contributed by atoms with Gasteiger partial charge in [-0.1, -0.05) is 12.1 Å². The normalized spacial score (nSPS) is 22.4. The molecule has 1 aromatic rings. The molecule has 1 atom stereocenters. The van der Waals surface area contributed by atoms with Crippen molar-refractivity contribution in [2.75, 3.05) is 38.2 Å². The van der Waals surface area contributed by atoms with Gasteiger partial charge in [-0.05, 0) is 42.9 Å². The number of benzene rings is 1. The number of hydrogen-bond acceptors (Lipinski definition) is 4. The number of hydrogen-bond donors (Lipinski definition) is 1. The van der Waals surface area contributed by atoms with E-state index in [9.17, 15) is 4.79 Å². The number of nitrogens with one attached hydrogen (secondary N) is 1. The Labute approximate surface area is 149 Å². The number of carbonyl (C=O) groups excluding carboxylic acids is 1. The van der Waals surface area contributed by atoms with E-state index in [0.717, 1.165) is 50.4 Å². The number of amides is 1. The lowest BCUT2D eigenvalue weighted by atomic mass is 9.90. The summed E-state index contributed by atoms with van der Waals surface area (Å²) in [5, 5.41) is 3.46. The highest BCUT2D eigenvalue weighted by atomic mass is 32.2. The molecule has 1 unspecified atom stereocenters. The highest BCUT2D eigenvalue weighted by molar-refractivity contribution is 7.99. The number of thioether (sulfide) groups is 1. The predicted octanol–water partition coefficient (Wildman–Crippen LogP) is 2.57. The molecule has 0 radical (unpaired) electrons. The van der Waals surface area contributed by atoms with Crippen LogP contribution in [0.1, 0.15) is 24.8 Å². The van der Waals surface area contributed by atoms with Crippen LogP contribution in [0.2, 0.25) is 0 Å². The summed E-state index contributed by atoms with van der Waals surface area (Å²) in [6.07, 6.45) is 4.00. The van der Waals surface area contributed by atoms with Gasteiger partial charge in [-0.25, -0.2) is 0 Å². The average Bonchev–Trinajstić information content (AvgIpc) is 2.64. The smallest absolute Gasteiger partial charge is 0.224 e. The van der Waals surface area contributed by atoms with E-state index in [1.165, 1.54) is 11.3 Å². The fourth-order valence-corrected chi connectivity index (χ4v) is 4.52. The summed E-state index contributed by atoms with van der Waals surface area (Å²) < 4.78 is 5.21. The van der Waals surface area contributed by atoms with Crippen LogP contribution >= 0.6 is 11.8 Å². The summed E-state index contributed by atoms with van der Waals surface area (Å²) >= 11 is 1.95. The summed E-state index contributed by atoms with van der Waals surface area (Å²) in [6.45, 7) is 2.87. The van der Waals surface area contributed by atoms with E-state index in [1.54, 1.807) is 7.11 Å². The van der Waals surface area contributed by atoms with Gasteiger partial charge < -0.3 is 15.0 Å². The number of carbonyl (C=O) groups is 1. The molecule has 4 nitrogen and oxygen atoms in total. The summed E-state index contributed by atoms with van der Waals surface area (Å²) in [5.41, 5.74) is 1.36. The lowest BCUT2D eigenvalue weighted by Crippen LogP contribution is -2.45. The van der Waals surface area contributed by atoms with Gasteiger partial charge in [-0.3, -0.25) is 4.79 Å². The van der Waals surface area contributed by atoms with Crippen molar-refractivity contribution in [2.24, 2.45) is 5.92 Å². The van der Waals surface area contributed by atoms with Crippen LogP contribution in [0.4, 0.5) is 0 Å². The molecule has 0 aliphatic carbocycles. The summed E-state index contributed by atoms with van der Waals surface area (Å²) in [6, 6.07) is 8.74. The zero-order valence-electron chi connectivity index (χ0n) is 14.5. The van der Waals surface area contributed by atoms with Crippen LogP contribution in [0.5, 0.6) is 5.75 Å². The third-order valence-corrected chi connectivity index (χ3v) is 6.20. The molecule has 2 aliphatic rings. The highest BCUT2D eigenvalue weighted by Crippen LogP contribution is 2.24. The summed E-state index contributed by atoms with van der Waals surface area (Å²) in [5.74, 6) is 4.17. The van der Waals surface area contributed by atoms with Crippen LogP contribution < -0.4 is 10.1 Å². The Balaban J connectivity index is 1.42. The first-order valence-corrected chi connectivity index (χ1v) is 10.1. The van der Waals surface area contributed by atoms with Crippen LogP contribution in [0.15, 0.2) is 24.3 Å². The van der Waals surface area contributed by atoms with Gasteiger partial charge in [0.15, 0.2) is 0 Å². The molecule has 1 aromatic carbocycles. The minimum absolute atomic E-state index is 0.331. The molecule has 2 aliphatic heterocycles. The number of ether oxygens (including phenoxy) is 1. The second-order valence-electron chi connectivity index (χ2n) is 6.81. The van der Waals surface area contributed by atoms with Crippen molar-refractivity contribution in [3.63, 3.8) is 0 Å². The molecule has 0 spiro atoms. The van der Waals surface area contributed by atoms with E-state index in [-0.39, 0.29) is 0 Å². The Bertz CT molecular complexity index is 521. The molecule has 24 heavy (non-hydrogen) atoms. The van der Waals surface area contributed by atoms with E-state index >= 15 is 0 Å². The minimum Gasteiger partial charge on any atom is -0.497 e. The zero-order chi connectivity index (χ0) is 16.8. The SMILES string of the molecule is COc1ccc(CC2CCN(C(=O)CC3CSCCN3)CC2)cc1. The van der Waals surface area contributed by atoms with Crippen molar-refractivity contribution >= 4 is 17.7 Å². The van der Waals surface area contributed by atoms with E-state index in [1.807, 2.05) is 23.9 Å². The van der Waals surface area contributed by atoms with Gasteiger partial charge in [0.25, 0.3) is 0 Å². The molecule has 2 heterocycles. The number of piperidine rings is 1. The second kappa shape index (κ2) is 8.77. The molecule has 1 N–H and O–H groups in total. The van der Waals surface area contributed by atoms with Gasteiger partial charge in [-0.15, -0.1) is 0 Å². The zero-order valence-corrected chi connectivity index (χ0v) is 15.3. The van der Waals surface area contributed by atoms with Gasteiger partial charge in [0.1, 0.15) is 5.75 Å². The standard InChI is InChI=1S/C19H28N2O2S/c1-23-18-4-2-15(3-5-18)12-16-6-9-21(10-7-16)19(22)13-17-14-24-11-8-20-17/h2-5,16-17,20H,6-14H2,1H3. The Morgan fingerprint density at radius 3 is 2.67 bits per heavy atom. The summed E-state index contributed by atoms with van der Waals surface area (Å²) in [7, 11) is 1.70. The Morgan fingerprint density at radius 1 is 1.29 bits per heavy atom. The van der Waals surface area contributed by atoms with E-state index < -0.39 is 0 Å². The molecular formula is C19H28N2O2S. The molecule has 0 aromatic heterocycles. The van der Waals surface area contributed by atoms with Crippen LogP contribution in [-0.4, -0.2) is 55.1 Å². The maximum Gasteiger partial charge on any atom is 0.224 e. The quantitative estimate of drug-likeness (QED) is 0.888. The average molecular weight is 349 g/mol. The van der Waals surface area contributed by atoms with Gasteiger partial charge in [-0.2, -0.15) is 11.8 Å². The predicted molar refractivity (Wildman–Crippen MR) is 99.7 cm³/mol. The van der Waals surface area contributed by atoms with Crippen LogP contribution in [0, 0.1) is 5.92 Å². The molecule has 0 saturated carbocycles. The van der Waals surface area contributed by atoms with Crippen molar-refractivity contribution < 1.29 is 9.53 Å². The summed E-state index contributed by atoms with van der Waals surface area (Å²) in [4.78, 5) is 14.5. The van der Waals surface area contributed by atoms with Gasteiger partial charge in [0, 0.05) is 43.6 Å². The first-order valence-electron chi connectivity index (χ1n) is 8.96. The Kier molecular flexibility index (Phi) is 6.44. The molecule has 2 fully saturated rings. The number of rotatable bonds is 5. The lowest BCUT2D eigenvalue weighted by molar-refractivity contribution is -0.133. The third kappa shape index (κ3) is 4.90. The Morgan fingerprint density at radius 2 is 2.04 bits per heavy atom. The van der Waals surface area contributed by atoms with Gasteiger partial charge in [0.05, 0.1) is 7.11 Å². The maximum atomic E-state index is 12.5. The Hall–Kier alpha value is -1.20. The van der Waals surface area contributed by atoms with E-state index in [4.69, 9.17) is 4.74 Å². The van der Waals surface area contributed by atoms with Crippen molar-refractivity contribution in [1.29, 1.82) is 0 Å². The maximum absolute atomic E-state index is 12.5. The minimum atomic E-state index is 0.331. The number of likely N-dealkylation sites (tertiary alicyclic amines) is 1. The molecule has 0 bridgehead atoms. The van der Waals surface area contributed by atoms with Crippen LogP contribution in [0.25, 0.3) is 0 Å². The van der Waals surface area contributed by atoms with Crippen molar-refractivity contribution in [2.45, 2.75) is 31.7 Å². The first kappa shape index (κ1) is 17.6. The molecule has 5 heteroatoms. The molecule has 3 rings (SSSR count). The van der Waals surface area contributed by atoms with Crippen LogP contribution in [-0.2, 0) is 11.2 Å². The largest absolute Gasteiger partial charge is 0.497 e. The number of nitrogens with zero attached hydrogens (tertiary/aromatic N) is 1. The topological polar surface area (TPSA) is 41.6 Å². The van der Waals surface area contributed by atoms with E-state index in [2.05, 4.69) is 22.3 Å². The van der Waals surface area contributed by atoms with Crippen LogP contribution in [0.3, 0.4) is 0 Å². The highest BCUT2D eigenvalue weighted by Gasteiger charge is 2.25. The molecule has 2 saturated heterocycles.